The van der Waals surface area contributed by atoms with E-state index < -0.39 is 29.4 Å². The lowest BCUT2D eigenvalue weighted by Crippen LogP contribution is -2.45. The zero-order valence-corrected chi connectivity index (χ0v) is 33.7. The maximum Gasteiger partial charge on any atom is 0.416 e. The Morgan fingerprint density at radius 1 is 1.02 bits per heavy atom. The van der Waals surface area contributed by atoms with Crippen molar-refractivity contribution in [1.29, 1.82) is 0 Å². The van der Waals surface area contributed by atoms with Gasteiger partial charge in [0.05, 0.1) is 22.3 Å². The minimum absolute atomic E-state index is 0.0116. The molecule has 0 bridgehead atoms. The summed E-state index contributed by atoms with van der Waals surface area (Å²) in [6, 6.07) is 17.7. The average molecular weight is 810 g/mol. The third-order valence-electron chi connectivity index (χ3n) is 9.44. The van der Waals surface area contributed by atoms with Gasteiger partial charge in [0.15, 0.2) is 0 Å². The summed E-state index contributed by atoms with van der Waals surface area (Å²) < 4.78 is 81.2. The quantitative estimate of drug-likeness (QED) is 0.0709. The van der Waals surface area contributed by atoms with Crippen molar-refractivity contribution in [2.45, 2.75) is 84.4 Å². The summed E-state index contributed by atoms with van der Waals surface area (Å²) in [4.78, 5) is 25.9. The first-order valence-corrected chi connectivity index (χ1v) is 18.7. The van der Waals surface area contributed by atoms with Gasteiger partial charge in [-0.1, -0.05) is 76.1 Å². The molecule has 15 heteroatoms. The Morgan fingerprint density at radius 2 is 1.59 bits per heavy atom. The molecule has 1 amide bonds. The molecule has 0 spiro atoms. The molecule has 1 aliphatic heterocycles. The van der Waals surface area contributed by atoms with Crippen molar-refractivity contribution < 1.29 is 41.0 Å². The number of hydrogen-bond acceptors (Lipinski definition) is 6. The van der Waals surface area contributed by atoms with Crippen molar-refractivity contribution in [3.8, 4) is 11.1 Å². The van der Waals surface area contributed by atoms with Crippen molar-refractivity contribution in [3.63, 3.8) is 0 Å². The lowest BCUT2D eigenvalue weighted by atomic mass is 9.82. The maximum atomic E-state index is 13.7. The van der Waals surface area contributed by atoms with Crippen molar-refractivity contribution >= 4 is 41.9 Å². The van der Waals surface area contributed by atoms with E-state index in [-0.39, 0.29) is 25.0 Å². The number of anilines is 1. The van der Waals surface area contributed by atoms with E-state index in [2.05, 4.69) is 98.8 Å². The Balaban J connectivity index is 0.000000393. The SMILES string of the molecule is CC.CC(=O)Nc1ccc(C(F)(F)F)cc1F.CNS.Cc1nc2cc(-c3ccc(C4C[C@H](N5CCC(F)(F)CC5)CC=C[C@@H]4C)cc3)ccc2n1C.O=CO. The lowest BCUT2D eigenvalue weighted by Gasteiger charge is -2.38. The zero-order valence-electron chi connectivity index (χ0n) is 32.8. The smallest absolute Gasteiger partial charge is 0.416 e. The molecule has 0 radical (unpaired) electrons. The van der Waals surface area contributed by atoms with Crippen LogP contribution in [0.5, 0.6) is 0 Å². The Bertz CT molecular complexity index is 1860. The number of thiol groups is 1. The number of aromatic nitrogens is 2. The molecule has 3 atom stereocenters. The third kappa shape index (κ3) is 14.0. The number of imidazole rings is 1. The summed E-state index contributed by atoms with van der Waals surface area (Å²) in [5.74, 6) is -2.31. The number of halogens is 6. The number of allylic oxidation sites excluding steroid dienone is 1. The van der Waals surface area contributed by atoms with Crippen LogP contribution in [0.2, 0.25) is 0 Å². The molecule has 4 aromatic rings. The first kappa shape index (κ1) is 47.8. The van der Waals surface area contributed by atoms with Gasteiger partial charge in [-0.05, 0) is 85.7 Å². The standard InChI is InChI=1S/C28H33F2N3.C9H7F4NO.C2H6.CH5NS.CH2O2/c1-19-5-4-6-24(33-15-13-28(29,30)14-16-33)18-25(19)22-9-7-21(8-10-22)23-11-12-27-26(17-23)31-20(2)32(27)3;1-5(15)14-8-3-2-6(4-7(8)10)9(11,12)13;1-2;1-2-3;2-1-3/h4-5,7-12,17,19,24-25H,6,13-16,18H2,1-3H3;2-4H,1H3,(H,14,15);1-2H3;2-3H,1H3;1H,(H,2,3)/t19-,24+,25?;;;;/m0..../s1. The van der Waals surface area contributed by atoms with Crippen molar-refractivity contribution in [3.05, 3.63) is 95.6 Å². The zero-order chi connectivity index (χ0) is 42.2. The van der Waals surface area contributed by atoms with Crippen LogP contribution in [0, 0.1) is 18.7 Å². The fourth-order valence-electron chi connectivity index (χ4n) is 6.55. The van der Waals surface area contributed by atoms with E-state index >= 15 is 0 Å². The van der Waals surface area contributed by atoms with Gasteiger partial charge in [-0.3, -0.25) is 19.2 Å². The molecular weight excluding hydrogens is 757 g/mol. The number of rotatable bonds is 4. The van der Waals surface area contributed by atoms with Crippen LogP contribution in [0.1, 0.15) is 76.2 Å². The molecule has 2 aliphatic rings. The second-order valence-electron chi connectivity index (χ2n) is 13.2. The lowest BCUT2D eigenvalue weighted by molar-refractivity contribution is -0.137. The molecule has 1 aliphatic carbocycles. The first-order valence-electron chi connectivity index (χ1n) is 18.3. The molecule has 0 saturated carbocycles. The number of nitrogens with zero attached hydrogens (tertiary/aromatic N) is 3. The number of carbonyl (C=O) groups is 2. The number of amides is 1. The molecule has 56 heavy (non-hydrogen) atoms. The number of carboxylic acid groups (broad SMARTS) is 1. The molecule has 3 N–H and O–H groups in total. The first-order chi connectivity index (χ1) is 26.4. The van der Waals surface area contributed by atoms with Gasteiger partial charge in [0, 0.05) is 45.9 Å². The summed E-state index contributed by atoms with van der Waals surface area (Å²) in [6.07, 6.45) is 1.93. The molecule has 8 nitrogen and oxygen atoms in total. The predicted molar refractivity (Wildman–Crippen MR) is 215 cm³/mol. The van der Waals surface area contributed by atoms with Crippen LogP contribution in [-0.4, -0.2) is 64.0 Å². The minimum Gasteiger partial charge on any atom is -0.483 e. The number of alkyl halides is 5. The molecule has 1 fully saturated rings. The Hall–Kier alpha value is -4.34. The molecular formula is C41H53F6N5O3S. The summed E-state index contributed by atoms with van der Waals surface area (Å²) in [7, 11) is 3.79. The number of fused-ring (bicyclic) bond motifs is 1. The van der Waals surface area contributed by atoms with Gasteiger partial charge in [0.1, 0.15) is 11.6 Å². The molecule has 6 rings (SSSR count). The van der Waals surface area contributed by atoms with E-state index in [4.69, 9.17) is 9.90 Å². The largest absolute Gasteiger partial charge is 0.483 e. The topological polar surface area (TPSA) is 99.5 Å². The number of benzene rings is 3. The van der Waals surface area contributed by atoms with Gasteiger partial charge < -0.3 is 15.0 Å². The number of piperidine rings is 1. The Kier molecular flexibility index (Phi) is 19.1. The molecule has 2 heterocycles. The van der Waals surface area contributed by atoms with Crippen LogP contribution >= 0.6 is 12.8 Å². The van der Waals surface area contributed by atoms with E-state index in [1.165, 1.54) is 16.7 Å². The van der Waals surface area contributed by atoms with Crippen LogP contribution in [0.25, 0.3) is 22.2 Å². The number of aryl methyl sites for hydroxylation is 2. The van der Waals surface area contributed by atoms with Crippen molar-refractivity contribution in [2.75, 3.05) is 25.5 Å². The van der Waals surface area contributed by atoms with Crippen LogP contribution in [0.15, 0.2) is 72.8 Å². The number of hydrogen-bond donors (Lipinski definition) is 4. The van der Waals surface area contributed by atoms with Crippen LogP contribution in [-0.2, 0) is 22.8 Å². The fourth-order valence-corrected chi connectivity index (χ4v) is 6.55. The van der Waals surface area contributed by atoms with Gasteiger partial charge in [-0.2, -0.15) is 13.2 Å². The van der Waals surface area contributed by atoms with Gasteiger partial charge in [-0.15, -0.1) is 0 Å². The fraction of sp³-hybridized carbons (Fsp3) is 0.439. The monoisotopic (exact) mass is 809 g/mol. The highest BCUT2D eigenvalue weighted by Crippen LogP contribution is 2.38. The van der Waals surface area contributed by atoms with Gasteiger partial charge in [-0.25, -0.2) is 18.2 Å². The predicted octanol–water partition coefficient (Wildman–Crippen LogP) is 10.3. The van der Waals surface area contributed by atoms with E-state index in [9.17, 15) is 31.1 Å². The summed E-state index contributed by atoms with van der Waals surface area (Å²) in [6.45, 7) is 10.2. The van der Waals surface area contributed by atoms with Crippen molar-refractivity contribution in [1.82, 2.24) is 19.2 Å². The summed E-state index contributed by atoms with van der Waals surface area (Å²) >= 11 is 3.54. The molecule has 1 unspecified atom stereocenters. The van der Waals surface area contributed by atoms with Gasteiger partial charge >= 0.3 is 6.18 Å². The van der Waals surface area contributed by atoms with Crippen molar-refractivity contribution in [2.24, 2.45) is 13.0 Å². The van der Waals surface area contributed by atoms with Crippen LogP contribution in [0.4, 0.5) is 32.0 Å². The van der Waals surface area contributed by atoms with E-state index in [1.807, 2.05) is 27.8 Å². The van der Waals surface area contributed by atoms with E-state index in [1.54, 1.807) is 7.05 Å². The normalized spacial score (nSPS) is 18.9. The highest BCUT2D eigenvalue weighted by molar-refractivity contribution is 7.78. The van der Waals surface area contributed by atoms with Crippen LogP contribution in [0.3, 0.4) is 0 Å². The van der Waals surface area contributed by atoms with Gasteiger partial charge in [0.25, 0.3) is 12.4 Å². The average Bonchev–Trinajstić information content (AvgIpc) is 3.29. The van der Waals surface area contributed by atoms with E-state index in [0.29, 0.717) is 43.1 Å². The van der Waals surface area contributed by atoms with E-state index in [0.717, 1.165) is 42.7 Å². The number of carbonyl (C=O) groups excluding carboxylic acids is 1. The van der Waals surface area contributed by atoms with Gasteiger partial charge in [0.2, 0.25) is 5.91 Å². The second-order valence-corrected chi connectivity index (χ2v) is 13.6. The summed E-state index contributed by atoms with van der Waals surface area (Å²) in [5.41, 5.74) is 4.51. The summed E-state index contributed by atoms with van der Waals surface area (Å²) in [5, 5.41) is 8.96. The number of likely N-dealkylation sites (tertiary alicyclic amines) is 1. The second kappa shape index (κ2) is 22.4. The highest BCUT2D eigenvalue weighted by atomic mass is 32.1. The third-order valence-corrected chi connectivity index (χ3v) is 9.44. The molecule has 1 saturated heterocycles. The molecule has 308 valence electrons. The van der Waals surface area contributed by atoms with Crippen LogP contribution < -0.4 is 10.0 Å². The maximum absolute atomic E-state index is 13.7. The number of nitrogens with one attached hydrogen (secondary N) is 2. The Labute approximate surface area is 330 Å². The molecule has 1 aromatic heterocycles. The Morgan fingerprint density at radius 3 is 2.12 bits per heavy atom. The molecule has 3 aromatic carbocycles. The highest BCUT2D eigenvalue weighted by Gasteiger charge is 2.37. The minimum atomic E-state index is -4.59.